The Morgan fingerprint density at radius 3 is 2.25 bits per heavy atom. The largest absolute Gasteiger partial charge is 0.346 e. The molecule has 7 nitrogen and oxygen atoms in total. The van der Waals surface area contributed by atoms with Crippen LogP contribution in [0, 0.1) is 6.92 Å². The lowest BCUT2D eigenvalue weighted by Crippen LogP contribution is -2.43. The minimum atomic E-state index is -0.374. The second-order valence-corrected chi connectivity index (χ2v) is 8.37. The van der Waals surface area contributed by atoms with E-state index >= 15 is 0 Å². The average molecular weight is 500 g/mol. The van der Waals surface area contributed by atoms with E-state index in [1.807, 2.05) is 6.92 Å². The summed E-state index contributed by atoms with van der Waals surface area (Å²) in [5.74, 6) is -1.06. The third-order valence-corrected chi connectivity index (χ3v) is 5.42. The van der Waals surface area contributed by atoms with E-state index in [1.165, 1.54) is 6.07 Å². The van der Waals surface area contributed by atoms with E-state index in [9.17, 15) is 14.4 Å². The fourth-order valence-corrected chi connectivity index (χ4v) is 3.52. The molecule has 0 aliphatic rings. The normalized spacial score (nSPS) is 10.7. The van der Waals surface area contributed by atoms with Gasteiger partial charge in [0.15, 0.2) is 0 Å². The van der Waals surface area contributed by atoms with Gasteiger partial charge in [-0.15, -0.1) is 0 Å². The summed E-state index contributed by atoms with van der Waals surface area (Å²) in [6.45, 7) is 4.04. The fraction of sp³-hybridized carbons (Fsp3) is 0.318. The lowest BCUT2D eigenvalue weighted by Gasteiger charge is -2.20. The molecule has 0 radical (unpaired) electrons. The van der Waals surface area contributed by atoms with Crippen molar-refractivity contribution in [2.24, 2.45) is 0 Å². The Kier molecular flexibility index (Phi) is 10.3. The highest BCUT2D eigenvalue weighted by molar-refractivity contribution is 6.36. The number of carbonyl (C=O) groups is 3. The number of nitrogens with zero attached hydrogens (tertiary/aromatic N) is 1. The number of nitrogens with one attached hydrogen (secondary N) is 3. The van der Waals surface area contributed by atoms with Crippen LogP contribution in [-0.4, -0.2) is 48.8 Å². The monoisotopic (exact) mass is 498 g/mol. The highest BCUT2D eigenvalue weighted by atomic mass is 35.5. The number of halogens is 3. The maximum atomic E-state index is 12.4. The number of hydrogen-bond acceptors (Lipinski definition) is 4. The molecule has 0 spiro atoms. The van der Waals surface area contributed by atoms with Gasteiger partial charge in [-0.1, -0.05) is 47.8 Å². The standard InChI is InChI=1S/C22H25Cl3N4O3/c1-3-9-29(13-22(32)28-19-8-7-15(23)10-17(19)25)12-21(31)26-11-20(30)27-18-6-4-5-16(24)14(18)2/h4-8,10H,3,9,11-13H2,1-2H3,(H,26,31)(H,27,30)(H,28,32). The van der Waals surface area contributed by atoms with Gasteiger partial charge in [0.25, 0.3) is 0 Å². The number of hydrogen-bond donors (Lipinski definition) is 3. The van der Waals surface area contributed by atoms with Gasteiger partial charge in [0.05, 0.1) is 30.3 Å². The minimum Gasteiger partial charge on any atom is -0.346 e. The Balaban J connectivity index is 1.84. The summed E-state index contributed by atoms with van der Waals surface area (Å²) in [6, 6.07) is 9.96. The van der Waals surface area contributed by atoms with E-state index in [1.54, 1.807) is 42.2 Å². The highest BCUT2D eigenvalue weighted by Crippen LogP contribution is 2.25. The first kappa shape index (κ1) is 25.9. The summed E-state index contributed by atoms with van der Waals surface area (Å²) in [5.41, 5.74) is 1.77. The molecule has 0 saturated heterocycles. The van der Waals surface area contributed by atoms with Gasteiger partial charge < -0.3 is 16.0 Å². The smallest absolute Gasteiger partial charge is 0.243 e. The molecule has 0 aromatic heterocycles. The maximum absolute atomic E-state index is 12.4. The van der Waals surface area contributed by atoms with Crippen LogP contribution in [0.25, 0.3) is 0 Å². The van der Waals surface area contributed by atoms with Crippen LogP contribution in [0.1, 0.15) is 18.9 Å². The number of rotatable bonds is 10. The first-order valence-corrected chi connectivity index (χ1v) is 11.1. The lowest BCUT2D eigenvalue weighted by atomic mass is 10.2. The van der Waals surface area contributed by atoms with Gasteiger partial charge in [-0.05, 0) is 55.8 Å². The number of carbonyl (C=O) groups excluding carboxylic acids is 3. The molecule has 0 atom stereocenters. The molecule has 10 heteroatoms. The van der Waals surface area contributed by atoms with Crippen LogP contribution >= 0.6 is 34.8 Å². The first-order valence-electron chi connectivity index (χ1n) is 9.98. The molecule has 0 fully saturated rings. The molecule has 0 aliphatic heterocycles. The van der Waals surface area contributed by atoms with Crippen molar-refractivity contribution in [1.29, 1.82) is 0 Å². The third kappa shape index (κ3) is 8.31. The highest BCUT2D eigenvalue weighted by Gasteiger charge is 2.16. The van der Waals surface area contributed by atoms with E-state index < -0.39 is 0 Å². The molecule has 172 valence electrons. The molecule has 0 aliphatic carbocycles. The van der Waals surface area contributed by atoms with Gasteiger partial charge in [-0.3, -0.25) is 19.3 Å². The van der Waals surface area contributed by atoms with Gasteiger partial charge in [0.1, 0.15) is 0 Å². The summed E-state index contributed by atoms with van der Waals surface area (Å²) in [7, 11) is 0. The summed E-state index contributed by atoms with van der Waals surface area (Å²) in [5, 5.41) is 9.33. The van der Waals surface area contributed by atoms with Crippen molar-refractivity contribution < 1.29 is 14.4 Å². The van der Waals surface area contributed by atoms with Crippen molar-refractivity contribution >= 4 is 63.9 Å². The van der Waals surface area contributed by atoms with Crippen molar-refractivity contribution in [3.63, 3.8) is 0 Å². The van der Waals surface area contributed by atoms with E-state index in [-0.39, 0.29) is 37.4 Å². The van der Waals surface area contributed by atoms with Gasteiger partial charge in [0, 0.05) is 15.7 Å². The lowest BCUT2D eigenvalue weighted by molar-refractivity contribution is -0.125. The molecular formula is C22H25Cl3N4O3. The topological polar surface area (TPSA) is 90.5 Å². The maximum Gasteiger partial charge on any atom is 0.243 e. The Bertz CT molecular complexity index is 985. The Labute approximate surface area is 202 Å². The van der Waals surface area contributed by atoms with Crippen molar-refractivity contribution in [1.82, 2.24) is 10.2 Å². The molecule has 3 amide bonds. The van der Waals surface area contributed by atoms with E-state index in [0.717, 1.165) is 12.0 Å². The van der Waals surface area contributed by atoms with E-state index in [2.05, 4.69) is 16.0 Å². The fourth-order valence-electron chi connectivity index (χ4n) is 2.89. The predicted octanol–water partition coefficient (Wildman–Crippen LogP) is 4.36. The van der Waals surface area contributed by atoms with Crippen LogP contribution in [0.5, 0.6) is 0 Å². The summed E-state index contributed by atoms with van der Waals surface area (Å²) < 4.78 is 0. The van der Waals surface area contributed by atoms with Crippen LogP contribution in [0.2, 0.25) is 15.1 Å². The molecule has 32 heavy (non-hydrogen) atoms. The zero-order chi connectivity index (χ0) is 23.7. The molecule has 3 N–H and O–H groups in total. The average Bonchev–Trinajstić information content (AvgIpc) is 2.72. The number of anilines is 2. The second-order valence-electron chi connectivity index (χ2n) is 7.12. The zero-order valence-electron chi connectivity index (χ0n) is 17.8. The first-order chi connectivity index (χ1) is 15.2. The third-order valence-electron chi connectivity index (χ3n) is 4.47. The Morgan fingerprint density at radius 1 is 0.875 bits per heavy atom. The molecule has 0 bridgehead atoms. The van der Waals surface area contributed by atoms with E-state index in [4.69, 9.17) is 34.8 Å². The Morgan fingerprint density at radius 2 is 1.56 bits per heavy atom. The number of amides is 3. The van der Waals surface area contributed by atoms with E-state index in [0.29, 0.717) is 33.0 Å². The molecule has 0 heterocycles. The van der Waals surface area contributed by atoms with Crippen LogP contribution in [0.3, 0.4) is 0 Å². The van der Waals surface area contributed by atoms with Crippen LogP contribution < -0.4 is 16.0 Å². The van der Waals surface area contributed by atoms with Gasteiger partial charge in [-0.25, -0.2) is 0 Å². The quantitative estimate of drug-likeness (QED) is 0.453. The number of benzene rings is 2. The van der Waals surface area contributed by atoms with Gasteiger partial charge >= 0.3 is 0 Å². The van der Waals surface area contributed by atoms with Gasteiger partial charge in [-0.2, -0.15) is 0 Å². The Hall–Kier alpha value is -2.32. The molecule has 2 aromatic carbocycles. The molecular weight excluding hydrogens is 475 g/mol. The van der Waals surface area contributed by atoms with Crippen molar-refractivity contribution in [2.75, 3.05) is 36.8 Å². The summed E-state index contributed by atoms with van der Waals surface area (Å²) in [4.78, 5) is 38.6. The van der Waals surface area contributed by atoms with Crippen LogP contribution in [0.4, 0.5) is 11.4 Å². The summed E-state index contributed by atoms with van der Waals surface area (Å²) >= 11 is 18.0. The SMILES string of the molecule is CCCN(CC(=O)NCC(=O)Nc1cccc(Cl)c1C)CC(=O)Nc1ccc(Cl)cc1Cl. The zero-order valence-corrected chi connectivity index (χ0v) is 20.1. The molecule has 0 saturated carbocycles. The van der Waals surface area contributed by atoms with Crippen molar-refractivity contribution in [3.8, 4) is 0 Å². The van der Waals surface area contributed by atoms with Crippen LogP contribution in [-0.2, 0) is 14.4 Å². The molecule has 2 rings (SSSR count). The molecule has 0 unspecified atom stereocenters. The summed E-state index contributed by atoms with van der Waals surface area (Å²) in [6.07, 6.45) is 0.747. The second kappa shape index (κ2) is 12.6. The molecule has 2 aromatic rings. The van der Waals surface area contributed by atoms with Crippen LogP contribution in [0.15, 0.2) is 36.4 Å². The van der Waals surface area contributed by atoms with Crippen molar-refractivity contribution in [3.05, 3.63) is 57.0 Å². The van der Waals surface area contributed by atoms with Crippen molar-refractivity contribution in [2.45, 2.75) is 20.3 Å². The minimum absolute atomic E-state index is 0.00583. The van der Waals surface area contributed by atoms with Gasteiger partial charge in [0.2, 0.25) is 17.7 Å². The predicted molar refractivity (Wildman–Crippen MR) is 130 cm³/mol.